The van der Waals surface area contributed by atoms with Crippen LogP contribution in [0, 0.1) is 6.92 Å². The number of hydrogen-bond donors (Lipinski definition) is 2. The number of nitrogens with one attached hydrogen (secondary N) is 1. The minimum absolute atomic E-state index is 0.240. The van der Waals surface area contributed by atoms with Crippen molar-refractivity contribution in [3.63, 3.8) is 0 Å². The maximum absolute atomic E-state index is 9.53. The number of aliphatic hydroxyl groups is 1. The average molecular weight is 237 g/mol. The normalized spacial score (nSPS) is 14.4. The van der Waals surface area contributed by atoms with Gasteiger partial charge in [-0.1, -0.05) is 19.1 Å². The summed E-state index contributed by atoms with van der Waals surface area (Å²) in [5.41, 5.74) is 2.29. The number of hydrogen-bond acceptors (Lipinski definition) is 3. The molecular formula is C14H23NO2. The summed E-state index contributed by atoms with van der Waals surface area (Å²) in [4.78, 5) is 0. The van der Waals surface area contributed by atoms with Crippen LogP contribution >= 0.6 is 0 Å². The molecule has 2 unspecified atom stereocenters. The first-order valence-electron chi connectivity index (χ1n) is 6.17. The Kier molecular flexibility index (Phi) is 5.45. The number of aliphatic hydroxyl groups excluding tert-OH is 1. The summed E-state index contributed by atoms with van der Waals surface area (Å²) in [6.45, 7) is 6.43. The van der Waals surface area contributed by atoms with Crippen LogP contribution in [-0.4, -0.2) is 24.9 Å². The second kappa shape index (κ2) is 6.62. The summed E-state index contributed by atoms with van der Waals surface area (Å²) in [6.07, 6.45) is 0.316. The van der Waals surface area contributed by atoms with Gasteiger partial charge in [0.2, 0.25) is 0 Å². The van der Waals surface area contributed by atoms with Gasteiger partial charge in [0.1, 0.15) is 12.4 Å². The molecule has 0 saturated carbocycles. The van der Waals surface area contributed by atoms with Crippen molar-refractivity contribution in [2.24, 2.45) is 0 Å². The molecule has 0 aliphatic rings. The van der Waals surface area contributed by atoms with Crippen LogP contribution in [0.15, 0.2) is 18.2 Å². The smallest absolute Gasteiger partial charge is 0.124 e. The van der Waals surface area contributed by atoms with E-state index in [4.69, 9.17) is 4.74 Å². The Labute approximate surface area is 104 Å². The summed E-state index contributed by atoms with van der Waals surface area (Å²) in [7, 11) is 1.93. The maximum atomic E-state index is 9.53. The maximum Gasteiger partial charge on any atom is 0.124 e. The molecule has 0 aliphatic carbocycles. The van der Waals surface area contributed by atoms with E-state index >= 15 is 0 Å². The highest BCUT2D eigenvalue weighted by molar-refractivity contribution is 5.39. The molecule has 0 aromatic heterocycles. The van der Waals surface area contributed by atoms with E-state index in [2.05, 4.69) is 24.4 Å². The summed E-state index contributed by atoms with van der Waals surface area (Å²) in [5, 5.41) is 12.7. The minimum atomic E-state index is -0.395. The van der Waals surface area contributed by atoms with Gasteiger partial charge in [0, 0.05) is 11.6 Å². The second-order valence-corrected chi connectivity index (χ2v) is 4.42. The highest BCUT2D eigenvalue weighted by Gasteiger charge is 2.11. The number of rotatable bonds is 6. The molecule has 0 aliphatic heterocycles. The van der Waals surface area contributed by atoms with E-state index in [1.807, 2.05) is 27.0 Å². The first kappa shape index (κ1) is 14.0. The fraction of sp³-hybridized carbons (Fsp3) is 0.571. The number of benzene rings is 1. The summed E-state index contributed by atoms with van der Waals surface area (Å²) < 4.78 is 5.70. The Hall–Kier alpha value is -1.06. The van der Waals surface area contributed by atoms with E-state index in [1.165, 1.54) is 0 Å². The minimum Gasteiger partial charge on any atom is -0.491 e. The molecule has 1 aromatic carbocycles. The zero-order valence-electron chi connectivity index (χ0n) is 11.2. The van der Waals surface area contributed by atoms with Gasteiger partial charge in [-0.3, -0.25) is 0 Å². The van der Waals surface area contributed by atoms with Gasteiger partial charge >= 0.3 is 0 Å². The van der Waals surface area contributed by atoms with Crippen LogP contribution in [0.25, 0.3) is 0 Å². The topological polar surface area (TPSA) is 41.5 Å². The third-order valence-corrected chi connectivity index (χ3v) is 2.97. The molecule has 96 valence electrons. The highest BCUT2D eigenvalue weighted by Crippen LogP contribution is 2.26. The van der Waals surface area contributed by atoms with E-state index in [0.717, 1.165) is 16.9 Å². The lowest BCUT2D eigenvalue weighted by atomic mass is 10.1. The molecule has 0 saturated heterocycles. The van der Waals surface area contributed by atoms with Crippen molar-refractivity contribution in [3.05, 3.63) is 29.3 Å². The Morgan fingerprint density at radius 2 is 2.12 bits per heavy atom. The van der Waals surface area contributed by atoms with Gasteiger partial charge in [0.15, 0.2) is 0 Å². The van der Waals surface area contributed by atoms with Crippen LogP contribution in [0.2, 0.25) is 0 Å². The molecule has 1 rings (SSSR count). The average Bonchev–Trinajstić information content (AvgIpc) is 2.35. The van der Waals surface area contributed by atoms with Crippen LogP contribution in [0.3, 0.4) is 0 Å². The van der Waals surface area contributed by atoms with Crippen molar-refractivity contribution >= 4 is 0 Å². The summed E-state index contributed by atoms with van der Waals surface area (Å²) in [6, 6.07) is 6.41. The Morgan fingerprint density at radius 1 is 1.41 bits per heavy atom. The fourth-order valence-electron chi connectivity index (χ4n) is 1.58. The molecule has 2 N–H and O–H groups in total. The molecule has 0 heterocycles. The highest BCUT2D eigenvalue weighted by atomic mass is 16.5. The SMILES string of the molecule is CCC(O)COc1cc(C)ccc1C(C)NC. The van der Waals surface area contributed by atoms with E-state index < -0.39 is 6.10 Å². The van der Waals surface area contributed by atoms with Crippen molar-refractivity contribution in [2.75, 3.05) is 13.7 Å². The van der Waals surface area contributed by atoms with Gasteiger partial charge in [-0.15, -0.1) is 0 Å². The zero-order chi connectivity index (χ0) is 12.8. The second-order valence-electron chi connectivity index (χ2n) is 4.42. The molecule has 3 nitrogen and oxygen atoms in total. The van der Waals surface area contributed by atoms with Gasteiger partial charge < -0.3 is 15.2 Å². The van der Waals surface area contributed by atoms with Gasteiger partial charge in [0.05, 0.1) is 6.10 Å². The molecule has 3 heteroatoms. The van der Waals surface area contributed by atoms with E-state index in [9.17, 15) is 5.11 Å². The van der Waals surface area contributed by atoms with Gasteiger partial charge in [-0.05, 0) is 38.9 Å². The lowest BCUT2D eigenvalue weighted by Crippen LogP contribution is -2.19. The van der Waals surface area contributed by atoms with Crippen LogP contribution in [-0.2, 0) is 0 Å². The Morgan fingerprint density at radius 3 is 2.71 bits per heavy atom. The van der Waals surface area contributed by atoms with E-state index in [-0.39, 0.29) is 6.04 Å². The van der Waals surface area contributed by atoms with Gasteiger partial charge in [-0.2, -0.15) is 0 Å². The molecule has 17 heavy (non-hydrogen) atoms. The fourth-order valence-corrected chi connectivity index (χ4v) is 1.58. The molecular weight excluding hydrogens is 214 g/mol. The van der Waals surface area contributed by atoms with Crippen LogP contribution in [0.1, 0.15) is 37.4 Å². The van der Waals surface area contributed by atoms with Crippen molar-refractivity contribution in [3.8, 4) is 5.75 Å². The molecule has 1 aromatic rings. The van der Waals surface area contributed by atoms with Crippen molar-refractivity contribution in [1.82, 2.24) is 5.32 Å². The Balaban J connectivity index is 2.83. The third kappa shape index (κ3) is 4.02. The quantitative estimate of drug-likeness (QED) is 0.798. The molecule has 0 amide bonds. The molecule has 0 spiro atoms. The van der Waals surface area contributed by atoms with E-state index in [0.29, 0.717) is 13.0 Å². The molecule has 0 fully saturated rings. The predicted octanol–water partition coefficient (Wildman–Crippen LogP) is 2.43. The van der Waals surface area contributed by atoms with Crippen LogP contribution in [0.5, 0.6) is 5.75 Å². The first-order valence-corrected chi connectivity index (χ1v) is 6.17. The summed E-state index contributed by atoms with van der Waals surface area (Å²) >= 11 is 0. The summed E-state index contributed by atoms with van der Waals surface area (Å²) in [5.74, 6) is 0.861. The lowest BCUT2D eigenvalue weighted by molar-refractivity contribution is 0.103. The first-order chi connectivity index (χ1) is 8.08. The van der Waals surface area contributed by atoms with Crippen LogP contribution < -0.4 is 10.1 Å². The van der Waals surface area contributed by atoms with Crippen molar-refractivity contribution in [1.29, 1.82) is 0 Å². The zero-order valence-corrected chi connectivity index (χ0v) is 11.2. The molecule has 0 radical (unpaired) electrons. The molecule has 0 bridgehead atoms. The number of aryl methyl sites for hydroxylation is 1. The van der Waals surface area contributed by atoms with Crippen LogP contribution in [0.4, 0.5) is 0 Å². The number of ether oxygens (including phenoxy) is 1. The lowest BCUT2D eigenvalue weighted by Gasteiger charge is -2.18. The third-order valence-electron chi connectivity index (χ3n) is 2.97. The van der Waals surface area contributed by atoms with Gasteiger partial charge in [-0.25, -0.2) is 0 Å². The van der Waals surface area contributed by atoms with E-state index in [1.54, 1.807) is 0 Å². The van der Waals surface area contributed by atoms with Crippen molar-refractivity contribution < 1.29 is 9.84 Å². The monoisotopic (exact) mass is 237 g/mol. The standard InChI is InChI=1S/C14H23NO2/c1-5-12(16)9-17-14-8-10(2)6-7-13(14)11(3)15-4/h6-8,11-12,15-16H,5,9H2,1-4H3. The molecule has 2 atom stereocenters. The van der Waals surface area contributed by atoms with Crippen molar-refractivity contribution in [2.45, 2.75) is 39.3 Å². The predicted molar refractivity (Wildman–Crippen MR) is 70.4 cm³/mol. The largest absolute Gasteiger partial charge is 0.491 e. The Bertz CT molecular complexity index is 352. The van der Waals surface area contributed by atoms with Gasteiger partial charge in [0.25, 0.3) is 0 Å².